The minimum Gasteiger partial charge on any atom is -0.437 e. The molecular formula is C33H34F3N7O2. The number of benzene rings is 2. The number of alkyl halides is 3. The number of carbonyl (C=O) groups excluding carboxylic acids is 1. The van der Waals surface area contributed by atoms with E-state index in [2.05, 4.69) is 36.9 Å². The van der Waals surface area contributed by atoms with Crippen molar-refractivity contribution in [2.24, 2.45) is 4.99 Å². The summed E-state index contributed by atoms with van der Waals surface area (Å²) in [5.74, 6) is 0.346. The van der Waals surface area contributed by atoms with Crippen molar-refractivity contribution in [3.8, 4) is 11.6 Å². The van der Waals surface area contributed by atoms with Gasteiger partial charge in [-0.2, -0.15) is 18.2 Å². The number of anilines is 1. The lowest BCUT2D eigenvalue weighted by Crippen LogP contribution is -2.44. The lowest BCUT2D eigenvalue weighted by molar-refractivity contribution is -0.138. The second-order valence-electron chi connectivity index (χ2n) is 10.8. The van der Waals surface area contributed by atoms with Gasteiger partial charge in [0.1, 0.15) is 11.3 Å². The molecule has 5 rings (SSSR count). The van der Waals surface area contributed by atoms with E-state index in [9.17, 15) is 18.0 Å². The molecule has 4 aromatic rings. The van der Waals surface area contributed by atoms with E-state index in [1.54, 1.807) is 42.7 Å². The zero-order valence-corrected chi connectivity index (χ0v) is 25.3. The summed E-state index contributed by atoms with van der Waals surface area (Å²) in [6.07, 6.45) is 2.29. The zero-order valence-electron chi connectivity index (χ0n) is 25.3. The number of H-pyrrole nitrogens is 1. The van der Waals surface area contributed by atoms with Gasteiger partial charge in [0, 0.05) is 68.0 Å². The fraction of sp³-hybridized carbons (Fsp3) is 0.273. The summed E-state index contributed by atoms with van der Waals surface area (Å²) in [7, 11) is 1.99. The van der Waals surface area contributed by atoms with Crippen LogP contribution in [0.25, 0.3) is 16.6 Å². The summed E-state index contributed by atoms with van der Waals surface area (Å²) in [6, 6.07) is 10.5. The third-order valence-electron chi connectivity index (χ3n) is 7.53. The predicted octanol–water partition coefficient (Wildman–Crippen LogP) is 6.69. The van der Waals surface area contributed by atoms with Crippen molar-refractivity contribution < 1.29 is 22.7 Å². The first-order valence-electron chi connectivity index (χ1n) is 14.4. The molecule has 1 saturated heterocycles. The Morgan fingerprint density at radius 2 is 1.91 bits per heavy atom. The first kappa shape index (κ1) is 31.6. The van der Waals surface area contributed by atoms with Gasteiger partial charge in [0.25, 0.3) is 5.91 Å². The van der Waals surface area contributed by atoms with Crippen LogP contribution in [0.15, 0.2) is 72.0 Å². The number of hydrogen-bond acceptors (Lipinski definition) is 7. The number of allylic oxidation sites excluding steroid dienone is 3. The van der Waals surface area contributed by atoms with Crippen LogP contribution in [0.5, 0.6) is 11.6 Å². The van der Waals surface area contributed by atoms with Crippen molar-refractivity contribution in [2.75, 3.05) is 38.5 Å². The monoisotopic (exact) mass is 617 g/mol. The molecule has 1 amide bonds. The number of nitrogens with zero attached hydrogens (tertiary/aromatic N) is 5. The largest absolute Gasteiger partial charge is 0.437 e. The van der Waals surface area contributed by atoms with Crippen LogP contribution in [0.3, 0.4) is 0 Å². The number of nitrogens with one attached hydrogen (secondary N) is 2. The van der Waals surface area contributed by atoms with Crippen LogP contribution in [0.2, 0.25) is 0 Å². The molecular weight excluding hydrogens is 583 g/mol. The SMILES string of the molecule is C=N/C=C(\C=C/C)c1nc(Oc2cc(NC(=O)c3ccc(CN4CCN(C)CC4)c(C(F)(F)F)c3)ccc2C)c2[nH]ccc2n1. The van der Waals surface area contributed by atoms with Gasteiger partial charge in [-0.1, -0.05) is 24.3 Å². The van der Waals surface area contributed by atoms with Gasteiger partial charge in [-0.15, -0.1) is 0 Å². The topological polar surface area (TPSA) is 98.7 Å². The second-order valence-corrected chi connectivity index (χ2v) is 10.8. The maximum Gasteiger partial charge on any atom is 0.416 e. The molecule has 9 nitrogen and oxygen atoms in total. The van der Waals surface area contributed by atoms with Crippen molar-refractivity contribution in [1.29, 1.82) is 0 Å². The third kappa shape index (κ3) is 7.47. The predicted molar refractivity (Wildman–Crippen MR) is 170 cm³/mol. The van der Waals surface area contributed by atoms with Crippen LogP contribution in [0.4, 0.5) is 18.9 Å². The number of ether oxygens (including phenoxy) is 1. The Hall–Kier alpha value is -4.81. The number of aliphatic imine (C=N–C) groups is 1. The van der Waals surface area contributed by atoms with E-state index in [0.717, 1.165) is 24.7 Å². The Morgan fingerprint density at radius 1 is 1.13 bits per heavy atom. The summed E-state index contributed by atoms with van der Waals surface area (Å²) in [5, 5.41) is 2.71. The van der Waals surface area contributed by atoms with Gasteiger partial charge in [-0.3, -0.25) is 14.7 Å². The van der Waals surface area contributed by atoms with E-state index in [1.165, 1.54) is 12.1 Å². The highest BCUT2D eigenvalue weighted by Crippen LogP contribution is 2.35. The van der Waals surface area contributed by atoms with Gasteiger partial charge in [0.15, 0.2) is 5.82 Å². The van der Waals surface area contributed by atoms with Gasteiger partial charge in [-0.05, 0) is 63.0 Å². The number of halogens is 3. The number of carbonyl (C=O) groups is 1. The Morgan fingerprint density at radius 3 is 2.62 bits per heavy atom. The number of likely N-dealkylation sites (N-methyl/N-ethyl adjacent to an activating group) is 1. The molecule has 45 heavy (non-hydrogen) atoms. The van der Waals surface area contributed by atoms with E-state index >= 15 is 0 Å². The Balaban J connectivity index is 1.39. The number of hydrogen-bond donors (Lipinski definition) is 2. The standard InChI is InChI=1S/C33H34F3N7O2/c1-5-6-23(19-37-3)30-40-27-11-12-38-29(27)32(41-30)45-28-18-25(10-7-21(28)2)39-31(44)22-8-9-24(26(17-22)33(34,35)36)20-43-15-13-42(4)14-16-43/h5-12,17-19,38H,3,13-16,20H2,1-2,4H3,(H,39,44)/b6-5-,23-19+. The van der Waals surface area contributed by atoms with Crippen LogP contribution in [-0.2, 0) is 12.7 Å². The van der Waals surface area contributed by atoms with Crippen LogP contribution in [0, 0.1) is 6.92 Å². The Labute approximate surface area is 259 Å². The molecule has 2 N–H and O–H groups in total. The second kappa shape index (κ2) is 13.4. The molecule has 234 valence electrons. The summed E-state index contributed by atoms with van der Waals surface area (Å²) in [6.45, 7) is 10.3. The molecule has 1 aliphatic rings. The first-order valence-corrected chi connectivity index (χ1v) is 14.4. The maximum absolute atomic E-state index is 14.1. The average Bonchev–Trinajstić information content (AvgIpc) is 3.49. The van der Waals surface area contributed by atoms with E-state index in [-0.39, 0.29) is 23.6 Å². The van der Waals surface area contributed by atoms with Gasteiger partial charge < -0.3 is 19.9 Å². The lowest BCUT2D eigenvalue weighted by Gasteiger charge is -2.33. The molecule has 2 aromatic carbocycles. The number of aromatic amines is 1. The number of rotatable bonds is 9. The highest BCUT2D eigenvalue weighted by atomic mass is 19.4. The van der Waals surface area contributed by atoms with E-state index in [1.807, 2.05) is 31.9 Å². The minimum absolute atomic E-state index is 0.0971. The fourth-order valence-electron chi connectivity index (χ4n) is 5.03. The van der Waals surface area contributed by atoms with Crippen molar-refractivity contribution in [2.45, 2.75) is 26.6 Å². The van der Waals surface area contributed by atoms with E-state index < -0.39 is 17.6 Å². The van der Waals surface area contributed by atoms with Crippen molar-refractivity contribution in [3.63, 3.8) is 0 Å². The molecule has 1 aliphatic heterocycles. The van der Waals surface area contributed by atoms with Crippen LogP contribution in [0.1, 0.15) is 39.8 Å². The molecule has 0 aliphatic carbocycles. The molecule has 0 radical (unpaired) electrons. The molecule has 3 heterocycles. The van der Waals surface area contributed by atoms with Crippen LogP contribution >= 0.6 is 0 Å². The van der Waals surface area contributed by atoms with E-state index in [4.69, 9.17) is 4.74 Å². The summed E-state index contributed by atoms with van der Waals surface area (Å²) in [5.41, 5.74) is 2.14. The normalized spacial score (nSPS) is 15.1. The molecule has 0 saturated carbocycles. The molecule has 12 heteroatoms. The quantitative estimate of drug-likeness (QED) is 0.160. The summed E-state index contributed by atoms with van der Waals surface area (Å²) in [4.78, 5) is 33.4. The number of aromatic nitrogens is 3. The lowest BCUT2D eigenvalue weighted by atomic mass is 10.0. The molecule has 2 aromatic heterocycles. The zero-order chi connectivity index (χ0) is 32.1. The number of aryl methyl sites for hydroxylation is 1. The molecule has 0 atom stereocenters. The third-order valence-corrected chi connectivity index (χ3v) is 7.53. The van der Waals surface area contributed by atoms with Gasteiger partial charge in [0.05, 0.1) is 11.1 Å². The Kier molecular flexibility index (Phi) is 9.45. The van der Waals surface area contributed by atoms with Crippen molar-refractivity contribution in [3.05, 3.63) is 95.1 Å². The fourth-order valence-corrected chi connectivity index (χ4v) is 5.03. The van der Waals surface area contributed by atoms with Gasteiger partial charge in [-0.25, -0.2) is 4.98 Å². The van der Waals surface area contributed by atoms with Crippen LogP contribution in [-0.4, -0.2) is 70.6 Å². The summed E-state index contributed by atoms with van der Waals surface area (Å²) < 4.78 is 48.5. The molecule has 1 fully saturated rings. The maximum atomic E-state index is 14.1. The summed E-state index contributed by atoms with van der Waals surface area (Å²) >= 11 is 0. The van der Waals surface area contributed by atoms with Gasteiger partial charge >= 0.3 is 6.18 Å². The molecule has 0 bridgehead atoms. The molecule has 0 unspecified atom stereocenters. The van der Waals surface area contributed by atoms with E-state index in [0.29, 0.717) is 47.0 Å². The highest BCUT2D eigenvalue weighted by molar-refractivity contribution is 6.04. The first-order chi connectivity index (χ1) is 21.5. The number of amides is 1. The Bertz CT molecular complexity index is 1770. The molecule has 0 spiro atoms. The average molecular weight is 618 g/mol. The number of piperazine rings is 1. The van der Waals surface area contributed by atoms with Gasteiger partial charge in [0.2, 0.25) is 5.88 Å². The number of fused-ring (bicyclic) bond motifs is 1. The smallest absolute Gasteiger partial charge is 0.416 e. The van der Waals surface area contributed by atoms with Crippen molar-refractivity contribution >= 4 is 34.9 Å². The highest BCUT2D eigenvalue weighted by Gasteiger charge is 2.34. The van der Waals surface area contributed by atoms with Crippen molar-refractivity contribution in [1.82, 2.24) is 24.8 Å². The minimum atomic E-state index is -4.60. The van der Waals surface area contributed by atoms with Crippen LogP contribution < -0.4 is 10.1 Å².